The first kappa shape index (κ1) is 21.4. The van der Waals surface area contributed by atoms with Gasteiger partial charge in [0, 0.05) is 24.8 Å². The number of carbonyl (C=O) groups is 3. The number of ether oxygens (including phenoxy) is 1. The van der Waals surface area contributed by atoms with Gasteiger partial charge in [0.05, 0.1) is 0 Å². The molecule has 0 bridgehead atoms. The molecule has 0 saturated heterocycles. The molecule has 0 aromatic heterocycles. The lowest BCUT2D eigenvalue weighted by Crippen LogP contribution is -2.41. The first-order valence-corrected chi connectivity index (χ1v) is 10.5. The number of rotatable bonds is 8. The van der Waals surface area contributed by atoms with Gasteiger partial charge in [0.1, 0.15) is 12.6 Å². The van der Waals surface area contributed by atoms with Crippen molar-refractivity contribution >= 4 is 18.0 Å². The normalized spacial score (nSPS) is 19.1. The van der Waals surface area contributed by atoms with Gasteiger partial charge in [0.2, 0.25) is 5.91 Å². The van der Waals surface area contributed by atoms with Crippen molar-refractivity contribution in [1.29, 1.82) is 0 Å². The number of terminal acetylenes is 1. The van der Waals surface area contributed by atoms with Gasteiger partial charge in [-0.3, -0.25) is 4.79 Å². The molecule has 3 unspecified atom stereocenters. The molecule has 164 valence electrons. The summed E-state index contributed by atoms with van der Waals surface area (Å²) in [7, 11) is 0. The van der Waals surface area contributed by atoms with Crippen LogP contribution in [0.1, 0.15) is 29.9 Å². The zero-order chi connectivity index (χ0) is 22.7. The van der Waals surface area contributed by atoms with E-state index in [0.29, 0.717) is 13.0 Å². The summed E-state index contributed by atoms with van der Waals surface area (Å²) in [5, 5.41) is 14.3. The van der Waals surface area contributed by atoms with Crippen molar-refractivity contribution in [3.63, 3.8) is 0 Å². The minimum Gasteiger partial charge on any atom is -0.480 e. The third-order valence-corrected chi connectivity index (χ3v) is 6.05. The van der Waals surface area contributed by atoms with Gasteiger partial charge in [-0.2, -0.15) is 0 Å². The Kier molecular flexibility index (Phi) is 6.13. The van der Waals surface area contributed by atoms with Crippen LogP contribution in [0.25, 0.3) is 11.1 Å². The van der Waals surface area contributed by atoms with E-state index < -0.39 is 18.1 Å². The fraction of sp³-hybridized carbons (Fsp3) is 0.320. The number of hydrogen-bond donors (Lipinski definition) is 3. The maximum Gasteiger partial charge on any atom is 0.407 e. The predicted molar refractivity (Wildman–Crippen MR) is 118 cm³/mol. The zero-order valence-corrected chi connectivity index (χ0v) is 17.4. The SMILES string of the molecule is C#CCC(NC(=O)C1CC1CNC(=O)OCC1c2ccccc2-c2ccccc21)C(=O)O. The molecule has 4 rings (SSSR count). The van der Waals surface area contributed by atoms with Gasteiger partial charge in [0.25, 0.3) is 0 Å². The molecule has 0 spiro atoms. The lowest BCUT2D eigenvalue weighted by Gasteiger charge is -2.14. The summed E-state index contributed by atoms with van der Waals surface area (Å²) >= 11 is 0. The molecule has 0 radical (unpaired) electrons. The largest absolute Gasteiger partial charge is 0.480 e. The third kappa shape index (κ3) is 4.45. The highest BCUT2D eigenvalue weighted by atomic mass is 16.5. The zero-order valence-electron chi connectivity index (χ0n) is 17.4. The molecule has 1 saturated carbocycles. The molecule has 2 aliphatic rings. The topological polar surface area (TPSA) is 105 Å². The third-order valence-electron chi connectivity index (χ3n) is 6.05. The average molecular weight is 432 g/mol. The highest BCUT2D eigenvalue weighted by Crippen LogP contribution is 2.44. The van der Waals surface area contributed by atoms with Crippen molar-refractivity contribution < 1.29 is 24.2 Å². The predicted octanol–water partition coefficient (Wildman–Crippen LogP) is 2.75. The highest BCUT2D eigenvalue weighted by Gasteiger charge is 2.44. The standard InChI is InChI=1S/C25H24N2O5/c1-2-7-22(24(29)30)27-23(28)20-12-15(20)13-26-25(31)32-14-21-18-10-5-3-8-16(18)17-9-4-6-11-19(17)21/h1,3-6,8-11,15,20-22H,7,12-14H2,(H,26,31)(H,27,28)(H,29,30). The van der Waals surface area contributed by atoms with Crippen molar-refractivity contribution in [3.8, 4) is 23.5 Å². The molecule has 0 aliphatic heterocycles. The second kappa shape index (κ2) is 9.15. The Bertz CT molecular complexity index is 1040. The molecule has 2 aromatic carbocycles. The van der Waals surface area contributed by atoms with Crippen molar-refractivity contribution in [2.45, 2.75) is 24.8 Å². The minimum absolute atomic E-state index is 0.0169. The molecular weight excluding hydrogens is 408 g/mol. The Labute approximate surface area is 186 Å². The molecule has 2 amide bonds. The highest BCUT2D eigenvalue weighted by molar-refractivity contribution is 5.87. The summed E-state index contributed by atoms with van der Waals surface area (Å²) in [6, 6.07) is 15.1. The van der Waals surface area contributed by atoms with Crippen molar-refractivity contribution in [2.75, 3.05) is 13.2 Å². The maximum absolute atomic E-state index is 12.3. The first-order chi connectivity index (χ1) is 15.5. The molecule has 1 fully saturated rings. The maximum atomic E-state index is 12.3. The van der Waals surface area contributed by atoms with Crippen LogP contribution in [0, 0.1) is 24.2 Å². The van der Waals surface area contributed by atoms with Crippen molar-refractivity contribution in [3.05, 3.63) is 59.7 Å². The quantitative estimate of drug-likeness (QED) is 0.557. The molecule has 2 aromatic rings. The number of nitrogens with one attached hydrogen (secondary N) is 2. The first-order valence-electron chi connectivity index (χ1n) is 10.5. The number of carboxylic acid groups (broad SMARTS) is 1. The van der Waals surface area contributed by atoms with Gasteiger partial charge >= 0.3 is 12.1 Å². The van der Waals surface area contributed by atoms with Crippen LogP contribution in [0.15, 0.2) is 48.5 Å². The molecule has 0 heterocycles. The molecular formula is C25H24N2O5. The lowest BCUT2D eigenvalue weighted by molar-refractivity contribution is -0.141. The number of alkyl carbamates (subject to hydrolysis) is 1. The van der Waals surface area contributed by atoms with E-state index in [0.717, 1.165) is 22.3 Å². The molecule has 7 nitrogen and oxygen atoms in total. The Balaban J connectivity index is 1.25. The molecule has 3 N–H and O–H groups in total. The molecule has 7 heteroatoms. The number of aliphatic carboxylic acids is 1. The van der Waals surface area contributed by atoms with Crippen LogP contribution in [0.4, 0.5) is 4.79 Å². The van der Waals surface area contributed by atoms with Crippen LogP contribution in [-0.2, 0) is 14.3 Å². The number of fused-ring (bicyclic) bond motifs is 3. The fourth-order valence-electron chi connectivity index (χ4n) is 4.25. The van der Waals surface area contributed by atoms with Gasteiger partial charge in [-0.05, 0) is 34.6 Å². The minimum atomic E-state index is -1.16. The van der Waals surface area contributed by atoms with E-state index in [9.17, 15) is 14.4 Å². The fourth-order valence-corrected chi connectivity index (χ4v) is 4.25. The second-order valence-electron chi connectivity index (χ2n) is 8.12. The average Bonchev–Trinajstić information content (AvgIpc) is 3.51. The van der Waals surface area contributed by atoms with Crippen LogP contribution < -0.4 is 10.6 Å². The van der Waals surface area contributed by atoms with Gasteiger partial charge in [0.15, 0.2) is 0 Å². The molecule has 32 heavy (non-hydrogen) atoms. The number of carboxylic acids is 1. The number of carbonyl (C=O) groups excluding carboxylic acids is 2. The van der Waals surface area contributed by atoms with Crippen LogP contribution >= 0.6 is 0 Å². The van der Waals surface area contributed by atoms with E-state index in [-0.39, 0.29) is 36.7 Å². The number of hydrogen-bond acceptors (Lipinski definition) is 4. The Morgan fingerprint density at radius 1 is 1.09 bits per heavy atom. The van der Waals surface area contributed by atoms with Gasteiger partial charge in [-0.15, -0.1) is 12.3 Å². The van der Waals surface area contributed by atoms with Crippen LogP contribution in [0.3, 0.4) is 0 Å². The summed E-state index contributed by atoms with van der Waals surface area (Å²) in [4.78, 5) is 35.6. The Morgan fingerprint density at radius 2 is 1.72 bits per heavy atom. The van der Waals surface area contributed by atoms with Crippen LogP contribution in [-0.4, -0.2) is 42.3 Å². The van der Waals surface area contributed by atoms with Gasteiger partial charge in [-0.25, -0.2) is 9.59 Å². The van der Waals surface area contributed by atoms with Gasteiger partial charge < -0.3 is 20.5 Å². The second-order valence-corrected chi connectivity index (χ2v) is 8.12. The smallest absolute Gasteiger partial charge is 0.407 e. The van der Waals surface area contributed by atoms with E-state index in [1.54, 1.807) is 0 Å². The monoisotopic (exact) mass is 432 g/mol. The number of benzene rings is 2. The summed E-state index contributed by atoms with van der Waals surface area (Å²) in [5.74, 6) is 0.337. The van der Waals surface area contributed by atoms with Gasteiger partial charge in [-0.1, -0.05) is 48.5 Å². The Hall–Kier alpha value is -3.79. The number of amides is 2. The van der Waals surface area contributed by atoms with Crippen LogP contribution in [0.2, 0.25) is 0 Å². The van der Waals surface area contributed by atoms with Crippen molar-refractivity contribution in [1.82, 2.24) is 10.6 Å². The molecule has 3 atom stereocenters. The van der Waals surface area contributed by atoms with E-state index in [2.05, 4.69) is 40.8 Å². The summed E-state index contributed by atoms with van der Waals surface area (Å²) in [5.41, 5.74) is 4.60. The van der Waals surface area contributed by atoms with E-state index in [4.69, 9.17) is 16.3 Å². The Morgan fingerprint density at radius 3 is 2.31 bits per heavy atom. The van der Waals surface area contributed by atoms with Crippen molar-refractivity contribution in [2.24, 2.45) is 11.8 Å². The van der Waals surface area contributed by atoms with E-state index >= 15 is 0 Å². The lowest BCUT2D eigenvalue weighted by atomic mass is 9.98. The van der Waals surface area contributed by atoms with Crippen LogP contribution in [0.5, 0.6) is 0 Å². The molecule has 2 aliphatic carbocycles. The summed E-state index contributed by atoms with van der Waals surface area (Å²) in [6.07, 6.45) is 5.12. The summed E-state index contributed by atoms with van der Waals surface area (Å²) < 4.78 is 5.49. The van der Waals surface area contributed by atoms with E-state index in [1.165, 1.54) is 0 Å². The summed E-state index contributed by atoms with van der Waals surface area (Å²) in [6.45, 7) is 0.516. The van der Waals surface area contributed by atoms with E-state index in [1.807, 2.05) is 24.3 Å².